The molecule has 0 radical (unpaired) electrons. The number of rotatable bonds is 7. The van der Waals surface area contributed by atoms with E-state index in [-0.39, 0.29) is 30.5 Å². The van der Waals surface area contributed by atoms with Crippen molar-refractivity contribution in [1.29, 1.82) is 0 Å². The normalized spacial score (nSPS) is 17.2. The second kappa shape index (κ2) is 11.6. The van der Waals surface area contributed by atoms with Crippen LogP contribution in [0.3, 0.4) is 0 Å². The quantitative estimate of drug-likeness (QED) is 0.356. The highest BCUT2D eigenvalue weighted by atomic mass is 127. The van der Waals surface area contributed by atoms with E-state index in [1.807, 2.05) is 0 Å². The summed E-state index contributed by atoms with van der Waals surface area (Å²) in [5.41, 5.74) is 0. The zero-order valence-corrected chi connectivity index (χ0v) is 17.4. The summed E-state index contributed by atoms with van der Waals surface area (Å²) in [4.78, 5) is 8.12. The number of alkyl halides is 2. The number of hydrogen-bond acceptors (Lipinski definition) is 2. The SMILES string of the molecule is CN=C(NCc1nccn1C(F)F)NC(C)CCC1CCCCC1.I. The van der Waals surface area contributed by atoms with Gasteiger partial charge in [0.2, 0.25) is 0 Å². The molecule has 0 bridgehead atoms. The third-order valence-corrected chi connectivity index (χ3v) is 4.71. The molecule has 2 rings (SSSR count). The van der Waals surface area contributed by atoms with Gasteiger partial charge in [-0.15, -0.1) is 24.0 Å². The molecule has 8 heteroatoms. The van der Waals surface area contributed by atoms with E-state index in [4.69, 9.17) is 0 Å². The van der Waals surface area contributed by atoms with E-state index in [0.717, 1.165) is 16.9 Å². The average Bonchev–Trinajstić information content (AvgIpc) is 3.06. The van der Waals surface area contributed by atoms with Gasteiger partial charge in [-0.2, -0.15) is 8.78 Å². The average molecular weight is 469 g/mol. The van der Waals surface area contributed by atoms with Gasteiger partial charge in [0, 0.05) is 25.5 Å². The van der Waals surface area contributed by atoms with Gasteiger partial charge in [-0.1, -0.05) is 32.1 Å². The van der Waals surface area contributed by atoms with Crippen LogP contribution in [0.15, 0.2) is 17.4 Å². The van der Waals surface area contributed by atoms with Crippen LogP contribution in [-0.4, -0.2) is 28.6 Å². The summed E-state index contributed by atoms with van der Waals surface area (Å²) in [7, 11) is 1.68. The standard InChI is InChI=1S/C17H29F2N5.HI/c1-13(8-9-14-6-4-3-5-7-14)23-17(20-2)22-12-15-21-10-11-24(15)16(18)19;/h10-11,13-14,16H,3-9,12H2,1-2H3,(H2,20,22,23);1H. The highest BCUT2D eigenvalue weighted by Gasteiger charge is 2.15. The lowest BCUT2D eigenvalue weighted by Crippen LogP contribution is -2.42. The van der Waals surface area contributed by atoms with Crippen LogP contribution in [0.2, 0.25) is 0 Å². The van der Waals surface area contributed by atoms with Crippen molar-refractivity contribution in [3.05, 3.63) is 18.2 Å². The van der Waals surface area contributed by atoms with E-state index in [1.165, 1.54) is 50.9 Å². The molecule has 0 amide bonds. The van der Waals surface area contributed by atoms with Crippen molar-refractivity contribution in [1.82, 2.24) is 20.2 Å². The fourth-order valence-electron chi connectivity index (χ4n) is 3.28. The summed E-state index contributed by atoms with van der Waals surface area (Å²) >= 11 is 0. The largest absolute Gasteiger partial charge is 0.354 e. The van der Waals surface area contributed by atoms with Crippen molar-refractivity contribution in [3.8, 4) is 0 Å². The second-order valence-corrected chi connectivity index (χ2v) is 6.58. The number of aliphatic imine (C=N–C) groups is 1. The smallest absolute Gasteiger partial charge is 0.319 e. The minimum absolute atomic E-state index is 0. The molecule has 0 spiro atoms. The molecule has 5 nitrogen and oxygen atoms in total. The Morgan fingerprint density at radius 3 is 2.72 bits per heavy atom. The molecule has 1 aromatic rings. The maximum atomic E-state index is 12.8. The molecule has 1 atom stereocenters. The van der Waals surface area contributed by atoms with Gasteiger partial charge in [-0.25, -0.2) is 4.98 Å². The van der Waals surface area contributed by atoms with E-state index in [9.17, 15) is 8.78 Å². The highest BCUT2D eigenvalue weighted by Crippen LogP contribution is 2.27. The number of guanidine groups is 1. The molecule has 1 unspecified atom stereocenters. The van der Waals surface area contributed by atoms with Crippen molar-refractivity contribution >= 4 is 29.9 Å². The Kier molecular flexibility index (Phi) is 10.3. The topological polar surface area (TPSA) is 54.2 Å². The van der Waals surface area contributed by atoms with Crippen molar-refractivity contribution in [3.63, 3.8) is 0 Å². The molecular weight excluding hydrogens is 439 g/mol. The number of imidazole rings is 1. The van der Waals surface area contributed by atoms with Crippen LogP contribution in [0.1, 0.15) is 64.2 Å². The summed E-state index contributed by atoms with van der Waals surface area (Å²) in [6.45, 7) is -0.226. The van der Waals surface area contributed by atoms with Crippen molar-refractivity contribution in [2.45, 2.75) is 71.0 Å². The summed E-state index contributed by atoms with van der Waals surface area (Å²) in [5, 5.41) is 6.39. The lowest BCUT2D eigenvalue weighted by Gasteiger charge is -2.24. The van der Waals surface area contributed by atoms with Gasteiger partial charge >= 0.3 is 6.55 Å². The lowest BCUT2D eigenvalue weighted by atomic mass is 9.85. The highest BCUT2D eigenvalue weighted by molar-refractivity contribution is 14.0. The first-order valence-corrected chi connectivity index (χ1v) is 8.87. The third kappa shape index (κ3) is 7.45. The van der Waals surface area contributed by atoms with E-state index >= 15 is 0 Å². The molecule has 0 aliphatic heterocycles. The first-order valence-electron chi connectivity index (χ1n) is 8.87. The predicted molar refractivity (Wildman–Crippen MR) is 108 cm³/mol. The first kappa shape index (κ1) is 22.1. The maximum Gasteiger partial charge on any atom is 0.319 e. The molecule has 1 aromatic heterocycles. The monoisotopic (exact) mass is 469 g/mol. The number of nitrogens with zero attached hydrogens (tertiary/aromatic N) is 3. The predicted octanol–water partition coefficient (Wildman–Crippen LogP) is 4.31. The van der Waals surface area contributed by atoms with Crippen LogP contribution in [0, 0.1) is 5.92 Å². The molecule has 0 saturated heterocycles. The summed E-state index contributed by atoms with van der Waals surface area (Å²) < 4.78 is 26.5. The van der Waals surface area contributed by atoms with Crippen LogP contribution in [-0.2, 0) is 6.54 Å². The molecule has 1 saturated carbocycles. The Morgan fingerprint density at radius 2 is 2.08 bits per heavy atom. The fourth-order valence-corrected chi connectivity index (χ4v) is 3.28. The van der Waals surface area contributed by atoms with E-state index in [1.54, 1.807) is 7.05 Å². The molecule has 0 aromatic carbocycles. The van der Waals surface area contributed by atoms with Gasteiger partial charge in [0.25, 0.3) is 0 Å². The zero-order valence-electron chi connectivity index (χ0n) is 15.0. The van der Waals surface area contributed by atoms with Crippen molar-refractivity contribution in [2.24, 2.45) is 10.9 Å². The number of aromatic nitrogens is 2. The molecule has 1 aliphatic carbocycles. The Morgan fingerprint density at radius 1 is 1.36 bits per heavy atom. The van der Waals surface area contributed by atoms with Gasteiger partial charge < -0.3 is 10.6 Å². The van der Waals surface area contributed by atoms with Crippen LogP contribution in [0.4, 0.5) is 8.78 Å². The van der Waals surface area contributed by atoms with Crippen LogP contribution in [0.5, 0.6) is 0 Å². The van der Waals surface area contributed by atoms with Gasteiger partial charge in [0.15, 0.2) is 5.96 Å². The third-order valence-electron chi connectivity index (χ3n) is 4.71. The van der Waals surface area contributed by atoms with Crippen LogP contribution in [0.25, 0.3) is 0 Å². The molecule has 1 fully saturated rings. The molecule has 25 heavy (non-hydrogen) atoms. The van der Waals surface area contributed by atoms with E-state index in [2.05, 4.69) is 27.5 Å². The molecular formula is C17H30F2IN5. The van der Waals surface area contributed by atoms with Crippen molar-refractivity contribution < 1.29 is 8.78 Å². The minimum Gasteiger partial charge on any atom is -0.354 e. The summed E-state index contributed by atoms with van der Waals surface area (Å²) in [6, 6.07) is 0.299. The molecule has 1 aliphatic rings. The van der Waals surface area contributed by atoms with Gasteiger partial charge in [0.1, 0.15) is 5.82 Å². The van der Waals surface area contributed by atoms with Crippen molar-refractivity contribution in [2.75, 3.05) is 7.05 Å². The Labute approximate surface area is 166 Å². The van der Waals surface area contributed by atoms with Gasteiger partial charge in [-0.3, -0.25) is 9.56 Å². The second-order valence-electron chi connectivity index (χ2n) is 6.58. The Bertz CT molecular complexity index is 515. The molecule has 144 valence electrons. The number of nitrogens with one attached hydrogen (secondary N) is 2. The maximum absolute atomic E-state index is 12.8. The number of hydrogen-bond donors (Lipinski definition) is 2. The summed E-state index contributed by atoms with van der Waals surface area (Å²) in [5.74, 6) is 1.77. The zero-order chi connectivity index (χ0) is 17.4. The Balaban J connectivity index is 0.00000312. The van der Waals surface area contributed by atoms with Gasteiger partial charge in [0.05, 0.1) is 6.54 Å². The Hall–Kier alpha value is -0.930. The van der Waals surface area contributed by atoms with Crippen LogP contribution >= 0.6 is 24.0 Å². The minimum atomic E-state index is -2.58. The molecule has 2 N–H and O–H groups in total. The molecule has 1 heterocycles. The van der Waals surface area contributed by atoms with Gasteiger partial charge in [-0.05, 0) is 25.7 Å². The summed E-state index contributed by atoms with van der Waals surface area (Å²) in [6.07, 6.45) is 11.8. The fraction of sp³-hybridized carbons (Fsp3) is 0.765. The van der Waals surface area contributed by atoms with E-state index in [0.29, 0.717) is 17.8 Å². The first-order chi connectivity index (χ1) is 11.6. The van der Waals surface area contributed by atoms with Crippen LogP contribution < -0.4 is 10.6 Å². The number of halogens is 3. The van der Waals surface area contributed by atoms with E-state index < -0.39 is 6.55 Å². The lowest BCUT2D eigenvalue weighted by molar-refractivity contribution is 0.0668.